The minimum absolute atomic E-state index is 0.150. The molecule has 0 saturated carbocycles. The van der Waals surface area contributed by atoms with Crippen LogP contribution in [0.15, 0.2) is 64.9 Å². The Morgan fingerprint density at radius 3 is 2.46 bits per heavy atom. The van der Waals surface area contributed by atoms with Gasteiger partial charge in [0.1, 0.15) is 10.8 Å². The number of nitrogens with zero attached hydrogens (tertiary/aromatic N) is 1. The van der Waals surface area contributed by atoms with Gasteiger partial charge in [-0.3, -0.25) is 0 Å². The Morgan fingerprint density at radius 1 is 1.08 bits per heavy atom. The van der Waals surface area contributed by atoms with E-state index in [4.69, 9.17) is 4.74 Å². The summed E-state index contributed by atoms with van der Waals surface area (Å²) in [6, 6.07) is 16.0. The fourth-order valence-corrected chi connectivity index (χ4v) is 3.93. The van der Waals surface area contributed by atoms with E-state index in [1.54, 1.807) is 12.1 Å². The number of benzene rings is 2. The highest BCUT2D eigenvalue weighted by Gasteiger charge is 2.14. The summed E-state index contributed by atoms with van der Waals surface area (Å²) in [6.45, 7) is 0.150. The molecule has 0 amide bonds. The zero-order valence-corrected chi connectivity index (χ0v) is 14.6. The van der Waals surface area contributed by atoms with E-state index in [2.05, 4.69) is 9.71 Å². The summed E-state index contributed by atoms with van der Waals surface area (Å²) in [4.78, 5) is 4.67. The van der Waals surface area contributed by atoms with Gasteiger partial charge in [0.05, 0.1) is 24.2 Å². The van der Waals surface area contributed by atoms with Crippen LogP contribution in [-0.2, 0) is 16.6 Å². The standard InChI is InChI=1S/C17H16N2O3S2/c1-22-15-7-9-16(10-8-15)24(20,21)18-11-14-12-23-17(19-14)13-5-3-2-4-6-13/h2-10,12,18H,11H2,1H3. The number of methoxy groups -OCH3 is 1. The van der Waals surface area contributed by atoms with Gasteiger partial charge >= 0.3 is 0 Å². The van der Waals surface area contributed by atoms with Crippen molar-refractivity contribution in [2.75, 3.05) is 7.11 Å². The van der Waals surface area contributed by atoms with Crippen LogP contribution in [0.2, 0.25) is 0 Å². The van der Waals surface area contributed by atoms with Crippen molar-refractivity contribution >= 4 is 21.4 Å². The van der Waals surface area contributed by atoms with Crippen LogP contribution in [0, 0.1) is 0 Å². The highest BCUT2D eigenvalue weighted by atomic mass is 32.2. The first-order valence-electron chi connectivity index (χ1n) is 7.22. The van der Waals surface area contributed by atoms with E-state index in [1.165, 1.54) is 30.6 Å². The zero-order chi connectivity index (χ0) is 17.0. The highest BCUT2D eigenvalue weighted by molar-refractivity contribution is 7.89. The Balaban J connectivity index is 1.69. The van der Waals surface area contributed by atoms with Crippen LogP contribution in [0.4, 0.5) is 0 Å². The molecule has 1 N–H and O–H groups in total. The Morgan fingerprint density at radius 2 is 1.79 bits per heavy atom. The topological polar surface area (TPSA) is 68.3 Å². The predicted molar refractivity (Wildman–Crippen MR) is 94.6 cm³/mol. The SMILES string of the molecule is COc1ccc(S(=O)(=O)NCc2csc(-c3ccccc3)n2)cc1. The van der Waals surface area contributed by atoms with E-state index in [0.717, 1.165) is 10.6 Å². The van der Waals surface area contributed by atoms with E-state index in [9.17, 15) is 8.42 Å². The Bertz CT molecular complexity index is 905. The fraction of sp³-hybridized carbons (Fsp3) is 0.118. The van der Waals surface area contributed by atoms with Gasteiger partial charge in [-0.15, -0.1) is 11.3 Å². The number of thiazole rings is 1. The van der Waals surface area contributed by atoms with Crippen LogP contribution in [0.25, 0.3) is 10.6 Å². The number of hydrogen-bond acceptors (Lipinski definition) is 5. The van der Waals surface area contributed by atoms with Gasteiger partial charge < -0.3 is 4.74 Å². The van der Waals surface area contributed by atoms with Crippen molar-refractivity contribution < 1.29 is 13.2 Å². The second-order valence-electron chi connectivity index (χ2n) is 5.01. The molecule has 124 valence electrons. The second-order valence-corrected chi connectivity index (χ2v) is 7.64. The molecule has 0 fully saturated rings. The van der Waals surface area contributed by atoms with Crippen LogP contribution in [-0.4, -0.2) is 20.5 Å². The van der Waals surface area contributed by atoms with Crippen molar-refractivity contribution in [1.29, 1.82) is 0 Å². The van der Waals surface area contributed by atoms with Crippen LogP contribution in [0.1, 0.15) is 5.69 Å². The van der Waals surface area contributed by atoms with Crippen molar-refractivity contribution in [2.24, 2.45) is 0 Å². The van der Waals surface area contributed by atoms with E-state index < -0.39 is 10.0 Å². The van der Waals surface area contributed by atoms with Crippen molar-refractivity contribution in [3.8, 4) is 16.3 Å². The smallest absolute Gasteiger partial charge is 0.240 e. The van der Waals surface area contributed by atoms with E-state index in [0.29, 0.717) is 11.4 Å². The lowest BCUT2D eigenvalue weighted by Gasteiger charge is -2.06. The molecule has 0 aliphatic carbocycles. The number of nitrogens with one attached hydrogen (secondary N) is 1. The van der Waals surface area contributed by atoms with Crippen molar-refractivity contribution in [1.82, 2.24) is 9.71 Å². The third-order valence-electron chi connectivity index (χ3n) is 3.39. The molecule has 0 atom stereocenters. The summed E-state index contributed by atoms with van der Waals surface area (Å²) in [5.74, 6) is 0.612. The maximum absolute atomic E-state index is 12.3. The average Bonchev–Trinajstić information content (AvgIpc) is 3.10. The first-order valence-corrected chi connectivity index (χ1v) is 9.58. The molecular weight excluding hydrogens is 344 g/mol. The van der Waals surface area contributed by atoms with E-state index in [1.807, 2.05) is 35.7 Å². The Kier molecular flexibility index (Phi) is 4.94. The Hall–Kier alpha value is -2.22. The molecule has 3 aromatic rings. The molecule has 5 nitrogen and oxygen atoms in total. The van der Waals surface area contributed by atoms with Crippen molar-refractivity contribution in [3.05, 3.63) is 65.7 Å². The van der Waals surface area contributed by atoms with Gasteiger partial charge in [-0.25, -0.2) is 18.1 Å². The lowest BCUT2D eigenvalue weighted by atomic mass is 10.2. The molecule has 0 spiro atoms. The predicted octanol–water partition coefficient (Wildman–Crippen LogP) is 3.30. The third-order valence-corrected chi connectivity index (χ3v) is 5.74. The number of hydrogen-bond donors (Lipinski definition) is 1. The van der Waals surface area contributed by atoms with Gasteiger partial charge in [0.15, 0.2) is 0 Å². The molecule has 0 radical (unpaired) electrons. The summed E-state index contributed by atoms with van der Waals surface area (Å²) in [5.41, 5.74) is 1.71. The van der Waals surface area contributed by atoms with E-state index >= 15 is 0 Å². The van der Waals surface area contributed by atoms with Gasteiger partial charge in [0, 0.05) is 10.9 Å². The highest BCUT2D eigenvalue weighted by Crippen LogP contribution is 2.23. The molecule has 0 aliphatic rings. The number of sulfonamides is 1. The fourth-order valence-electron chi connectivity index (χ4n) is 2.11. The minimum atomic E-state index is -3.58. The molecule has 0 bridgehead atoms. The average molecular weight is 360 g/mol. The van der Waals surface area contributed by atoms with Gasteiger partial charge in [-0.2, -0.15) is 0 Å². The molecular formula is C17H16N2O3S2. The molecule has 1 heterocycles. The van der Waals surface area contributed by atoms with Crippen LogP contribution >= 0.6 is 11.3 Å². The third kappa shape index (κ3) is 3.81. The van der Waals surface area contributed by atoms with Gasteiger partial charge in [0.2, 0.25) is 10.0 Å². The number of rotatable bonds is 6. The molecule has 7 heteroatoms. The summed E-state index contributed by atoms with van der Waals surface area (Å²) >= 11 is 1.49. The zero-order valence-electron chi connectivity index (χ0n) is 13.0. The second kappa shape index (κ2) is 7.12. The lowest BCUT2D eigenvalue weighted by molar-refractivity contribution is 0.414. The monoisotopic (exact) mass is 360 g/mol. The first kappa shape index (κ1) is 16.6. The first-order chi connectivity index (χ1) is 11.6. The molecule has 0 aliphatic heterocycles. The maximum atomic E-state index is 12.3. The van der Waals surface area contributed by atoms with Crippen LogP contribution in [0.5, 0.6) is 5.75 Å². The van der Waals surface area contributed by atoms with Crippen molar-refractivity contribution in [2.45, 2.75) is 11.4 Å². The largest absolute Gasteiger partial charge is 0.497 e. The van der Waals surface area contributed by atoms with Gasteiger partial charge in [-0.1, -0.05) is 30.3 Å². The van der Waals surface area contributed by atoms with E-state index in [-0.39, 0.29) is 11.4 Å². The molecule has 0 unspecified atom stereocenters. The number of ether oxygens (including phenoxy) is 1. The normalized spacial score (nSPS) is 11.4. The summed E-state index contributed by atoms with van der Waals surface area (Å²) in [6.07, 6.45) is 0. The lowest BCUT2D eigenvalue weighted by Crippen LogP contribution is -2.23. The number of aromatic nitrogens is 1. The Labute approximate surface area is 145 Å². The maximum Gasteiger partial charge on any atom is 0.240 e. The van der Waals surface area contributed by atoms with Gasteiger partial charge in [-0.05, 0) is 24.3 Å². The molecule has 3 rings (SSSR count). The summed E-state index contributed by atoms with van der Waals surface area (Å²) < 4.78 is 32.2. The quantitative estimate of drug-likeness (QED) is 0.732. The molecule has 1 aromatic heterocycles. The minimum Gasteiger partial charge on any atom is -0.497 e. The molecule has 0 saturated heterocycles. The van der Waals surface area contributed by atoms with Crippen molar-refractivity contribution in [3.63, 3.8) is 0 Å². The summed E-state index contributed by atoms with van der Waals surface area (Å²) in [7, 11) is -2.04. The van der Waals surface area contributed by atoms with Crippen LogP contribution in [0.3, 0.4) is 0 Å². The molecule has 2 aromatic carbocycles. The summed E-state index contributed by atoms with van der Waals surface area (Å²) in [5, 5.41) is 2.73. The molecule has 24 heavy (non-hydrogen) atoms. The van der Waals surface area contributed by atoms with Crippen LogP contribution < -0.4 is 9.46 Å². The van der Waals surface area contributed by atoms with Gasteiger partial charge in [0.25, 0.3) is 0 Å².